The Labute approximate surface area is 111 Å². The van der Waals surface area contributed by atoms with E-state index in [1.807, 2.05) is 12.3 Å². The molecule has 0 aliphatic carbocycles. The third-order valence-electron chi connectivity index (χ3n) is 3.41. The minimum absolute atomic E-state index is 0.448. The summed E-state index contributed by atoms with van der Waals surface area (Å²) in [5, 5.41) is 6.72. The predicted octanol–water partition coefficient (Wildman–Crippen LogP) is 3.19. The molecule has 3 rings (SSSR count). The van der Waals surface area contributed by atoms with Crippen LogP contribution in [0.15, 0.2) is 23.7 Å². The van der Waals surface area contributed by atoms with Gasteiger partial charge in [0.15, 0.2) is 0 Å². The van der Waals surface area contributed by atoms with Crippen molar-refractivity contribution in [2.24, 2.45) is 0 Å². The van der Waals surface area contributed by atoms with E-state index in [1.54, 1.807) is 11.3 Å². The quantitative estimate of drug-likeness (QED) is 0.920. The van der Waals surface area contributed by atoms with Crippen LogP contribution in [0.5, 0.6) is 0 Å². The van der Waals surface area contributed by atoms with Gasteiger partial charge in [0.2, 0.25) is 0 Å². The van der Waals surface area contributed by atoms with Gasteiger partial charge in [0, 0.05) is 11.6 Å². The molecule has 0 amide bonds. The predicted molar refractivity (Wildman–Crippen MR) is 74.7 cm³/mol. The minimum atomic E-state index is 0.448. The van der Waals surface area contributed by atoms with Gasteiger partial charge in [-0.25, -0.2) is 4.98 Å². The summed E-state index contributed by atoms with van der Waals surface area (Å²) in [6.07, 6.45) is 5.30. The zero-order valence-electron chi connectivity index (χ0n) is 10.5. The number of nitrogens with one attached hydrogen (secondary N) is 1. The fraction of sp³-hybridized carbons (Fsp3) is 0.429. The lowest BCUT2D eigenvalue weighted by atomic mass is 10.1. The largest absolute Gasteiger partial charge is 0.309 e. The van der Waals surface area contributed by atoms with Crippen LogP contribution in [0.3, 0.4) is 0 Å². The highest BCUT2D eigenvalue weighted by atomic mass is 32.1. The van der Waals surface area contributed by atoms with Gasteiger partial charge in [0.05, 0.1) is 11.7 Å². The summed E-state index contributed by atoms with van der Waals surface area (Å²) in [7, 11) is 0. The molecule has 18 heavy (non-hydrogen) atoms. The Balaban J connectivity index is 1.92. The van der Waals surface area contributed by atoms with Crippen LogP contribution in [-0.4, -0.2) is 16.5 Å². The van der Waals surface area contributed by atoms with Gasteiger partial charge in [0.1, 0.15) is 10.7 Å². The molecule has 94 valence electrons. The van der Waals surface area contributed by atoms with E-state index in [1.165, 1.54) is 24.1 Å². The molecule has 3 nitrogen and oxygen atoms in total. The molecule has 1 N–H and O–H groups in total. The van der Waals surface area contributed by atoms with Gasteiger partial charge in [0.25, 0.3) is 0 Å². The van der Waals surface area contributed by atoms with Crippen LogP contribution < -0.4 is 5.32 Å². The smallest absolute Gasteiger partial charge is 0.142 e. The standard InChI is InChI=1S/C14H17N3S/c1-2-10-5-3-8-16-13(10)14-17-12(9-18-14)11-6-4-7-15-11/h3,5,8-9,11,15H,2,4,6-7H2,1H3. The van der Waals surface area contributed by atoms with Crippen LogP contribution in [-0.2, 0) is 6.42 Å². The molecule has 2 aromatic rings. The monoisotopic (exact) mass is 259 g/mol. The Hall–Kier alpha value is -1.26. The van der Waals surface area contributed by atoms with Crippen molar-refractivity contribution < 1.29 is 0 Å². The molecule has 3 heterocycles. The van der Waals surface area contributed by atoms with Gasteiger partial charge in [-0.1, -0.05) is 13.0 Å². The van der Waals surface area contributed by atoms with E-state index in [4.69, 9.17) is 4.98 Å². The summed E-state index contributed by atoms with van der Waals surface area (Å²) in [5.41, 5.74) is 3.51. The summed E-state index contributed by atoms with van der Waals surface area (Å²) in [6, 6.07) is 4.58. The molecule has 1 unspecified atom stereocenters. The molecule has 1 atom stereocenters. The Morgan fingerprint density at radius 3 is 3.22 bits per heavy atom. The third kappa shape index (κ3) is 2.18. The first-order chi connectivity index (χ1) is 8.88. The lowest BCUT2D eigenvalue weighted by molar-refractivity contribution is 0.632. The first kappa shape index (κ1) is 11.8. The van der Waals surface area contributed by atoms with Crippen LogP contribution in [0.4, 0.5) is 0 Å². The zero-order chi connectivity index (χ0) is 12.4. The van der Waals surface area contributed by atoms with E-state index in [0.717, 1.165) is 23.7 Å². The first-order valence-corrected chi connectivity index (χ1v) is 7.39. The highest BCUT2D eigenvalue weighted by molar-refractivity contribution is 7.13. The van der Waals surface area contributed by atoms with Crippen LogP contribution in [0, 0.1) is 0 Å². The van der Waals surface area contributed by atoms with Crippen molar-refractivity contribution in [3.63, 3.8) is 0 Å². The van der Waals surface area contributed by atoms with Crippen LogP contribution in [0.2, 0.25) is 0 Å². The Kier molecular flexibility index (Phi) is 3.39. The molecule has 0 spiro atoms. The molecule has 1 aliphatic heterocycles. The molecular formula is C14H17N3S. The van der Waals surface area contributed by atoms with Crippen molar-refractivity contribution in [3.8, 4) is 10.7 Å². The topological polar surface area (TPSA) is 37.8 Å². The van der Waals surface area contributed by atoms with Crippen molar-refractivity contribution in [2.75, 3.05) is 6.54 Å². The van der Waals surface area contributed by atoms with Crippen LogP contribution in [0.25, 0.3) is 10.7 Å². The second-order valence-corrected chi connectivity index (χ2v) is 5.45. The van der Waals surface area contributed by atoms with Gasteiger partial charge in [-0.2, -0.15) is 0 Å². The number of hydrogen-bond donors (Lipinski definition) is 1. The van der Waals surface area contributed by atoms with Crippen LogP contribution >= 0.6 is 11.3 Å². The molecular weight excluding hydrogens is 242 g/mol. The highest BCUT2D eigenvalue weighted by Gasteiger charge is 2.20. The number of aryl methyl sites for hydroxylation is 1. The van der Waals surface area contributed by atoms with Crippen molar-refractivity contribution in [3.05, 3.63) is 35.0 Å². The normalized spacial score (nSPS) is 19.3. The maximum absolute atomic E-state index is 4.76. The van der Waals surface area contributed by atoms with Gasteiger partial charge < -0.3 is 5.32 Å². The molecule has 0 saturated carbocycles. The number of aromatic nitrogens is 2. The third-order valence-corrected chi connectivity index (χ3v) is 4.28. The summed E-state index contributed by atoms with van der Waals surface area (Å²) in [4.78, 5) is 9.25. The van der Waals surface area contributed by atoms with E-state index in [-0.39, 0.29) is 0 Å². The average molecular weight is 259 g/mol. The maximum atomic E-state index is 4.76. The molecule has 2 aromatic heterocycles. The summed E-state index contributed by atoms with van der Waals surface area (Å²) in [6.45, 7) is 3.27. The molecule has 0 radical (unpaired) electrons. The number of rotatable bonds is 3. The molecule has 1 fully saturated rings. The number of hydrogen-bond acceptors (Lipinski definition) is 4. The zero-order valence-corrected chi connectivity index (χ0v) is 11.3. The maximum Gasteiger partial charge on any atom is 0.142 e. The SMILES string of the molecule is CCc1cccnc1-c1nc(C2CCCN2)cs1. The Bertz CT molecular complexity index is 529. The highest BCUT2D eigenvalue weighted by Crippen LogP contribution is 2.30. The van der Waals surface area contributed by atoms with Gasteiger partial charge in [-0.05, 0) is 37.4 Å². The van der Waals surface area contributed by atoms with E-state index < -0.39 is 0 Å². The van der Waals surface area contributed by atoms with Crippen molar-refractivity contribution >= 4 is 11.3 Å². The molecule has 0 aromatic carbocycles. The van der Waals surface area contributed by atoms with Gasteiger partial charge in [-0.3, -0.25) is 4.98 Å². The van der Waals surface area contributed by atoms with E-state index in [9.17, 15) is 0 Å². The average Bonchev–Trinajstić information content (AvgIpc) is 3.09. The Morgan fingerprint density at radius 2 is 2.44 bits per heavy atom. The summed E-state index contributed by atoms with van der Waals surface area (Å²) >= 11 is 1.71. The second kappa shape index (κ2) is 5.16. The molecule has 0 bridgehead atoms. The fourth-order valence-corrected chi connectivity index (χ4v) is 3.31. The molecule has 1 saturated heterocycles. The first-order valence-electron chi connectivity index (χ1n) is 6.51. The van der Waals surface area contributed by atoms with Gasteiger partial charge >= 0.3 is 0 Å². The Morgan fingerprint density at radius 1 is 1.50 bits per heavy atom. The molecule has 4 heteroatoms. The number of pyridine rings is 1. The minimum Gasteiger partial charge on any atom is -0.309 e. The van der Waals surface area contributed by atoms with Crippen molar-refractivity contribution in [2.45, 2.75) is 32.2 Å². The number of nitrogens with zero attached hydrogens (tertiary/aromatic N) is 2. The van der Waals surface area contributed by atoms with E-state index in [0.29, 0.717) is 6.04 Å². The van der Waals surface area contributed by atoms with Crippen molar-refractivity contribution in [1.82, 2.24) is 15.3 Å². The second-order valence-electron chi connectivity index (χ2n) is 4.59. The fourth-order valence-electron chi connectivity index (χ4n) is 2.41. The summed E-state index contributed by atoms with van der Waals surface area (Å²) in [5.74, 6) is 0. The number of thiazole rings is 1. The van der Waals surface area contributed by atoms with Gasteiger partial charge in [-0.15, -0.1) is 11.3 Å². The van der Waals surface area contributed by atoms with E-state index in [2.05, 4.69) is 28.7 Å². The van der Waals surface area contributed by atoms with Crippen molar-refractivity contribution in [1.29, 1.82) is 0 Å². The van der Waals surface area contributed by atoms with Crippen LogP contribution in [0.1, 0.15) is 37.1 Å². The lowest BCUT2D eigenvalue weighted by Gasteiger charge is -2.05. The lowest BCUT2D eigenvalue weighted by Crippen LogP contribution is -2.13. The molecule has 1 aliphatic rings. The summed E-state index contributed by atoms with van der Waals surface area (Å²) < 4.78 is 0. The van der Waals surface area contributed by atoms with E-state index >= 15 is 0 Å².